The number of alkyl halides is 1. The second-order valence-electron chi connectivity index (χ2n) is 3.51. The van der Waals surface area contributed by atoms with E-state index in [9.17, 15) is 0 Å². The van der Waals surface area contributed by atoms with E-state index in [4.69, 9.17) is 34.8 Å². The van der Waals surface area contributed by atoms with Gasteiger partial charge in [0, 0.05) is 26.5 Å². The van der Waals surface area contributed by atoms with Crippen molar-refractivity contribution in [2.24, 2.45) is 0 Å². The van der Waals surface area contributed by atoms with E-state index in [-0.39, 0.29) is 0 Å². The average Bonchev–Trinajstić information content (AvgIpc) is 2.31. The van der Waals surface area contributed by atoms with Crippen molar-refractivity contribution in [2.45, 2.75) is 5.33 Å². The fraction of sp³-hybridized carbons (Fsp3) is 0.0769. The minimum Gasteiger partial charge on any atom is -0.0876 e. The van der Waals surface area contributed by atoms with Crippen LogP contribution < -0.4 is 0 Å². The van der Waals surface area contributed by atoms with Crippen LogP contribution >= 0.6 is 50.7 Å². The van der Waals surface area contributed by atoms with E-state index in [1.807, 2.05) is 24.3 Å². The molecule has 0 radical (unpaired) electrons. The summed E-state index contributed by atoms with van der Waals surface area (Å²) in [4.78, 5) is 0. The van der Waals surface area contributed by atoms with E-state index in [2.05, 4.69) is 15.9 Å². The maximum atomic E-state index is 6.34. The van der Waals surface area contributed by atoms with Gasteiger partial charge in [0.25, 0.3) is 0 Å². The predicted molar refractivity (Wildman–Crippen MR) is 79.5 cm³/mol. The van der Waals surface area contributed by atoms with Gasteiger partial charge >= 0.3 is 0 Å². The second-order valence-corrected chi connectivity index (χ2v) is 5.26. The first-order valence-corrected chi connectivity index (χ1v) is 7.18. The van der Waals surface area contributed by atoms with E-state index in [0.717, 1.165) is 16.7 Å². The lowest BCUT2D eigenvalue weighted by atomic mass is 10.0. The maximum Gasteiger partial charge on any atom is 0.0525 e. The van der Waals surface area contributed by atoms with Crippen LogP contribution in [0.3, 0.4) is 0 Å². The zero-order valence-electron chi connectivity index (χ0n) is 8.68. The molecule has 0 amide bonds. The van der Waals surface area contributed by atoms with Gasteiger partial charge < -0.3 is 0 Å². The third-order valence-corrected chi connectivity index (χ3v) is 4.14. The van der Waals surface area contributed by atoms with Gasteiger partial charge in [-0.05, 0) is 17.7 Å². The van der Waals surface area contributed by atoms with Crippen molar-refractivity contribution in [1.82, 2.24) is 0 Å². The fourth-order valence-electron chi connectivity index (χ4n) is 1.63. The Kier molecular flexibility index (Phi) is 4.37. The summed E-state index contributed by atoms with van der Waals surface area (Å²) < 4.78 is 0. The van der Waals surface area contributed by atoms with E-state index in [0.29, 0.717) is 20.4 Å². The first-order chi connectivity index (χ1) is 8.15. The average molecular weight is 350 g/mol. The van der Waals surface area contributed by atoms with Crippen LogP contribution in [0.1, 0.15) is 5.56 Å². The Hall–Kier alpha value is -0.210. The monoisotopic (exact) mass is 348 g/mol. The Bertz CT molecular complexity index is 532. The summed E-state index contributed by atoms with van der Waals surface area (Å²) in [5.41, 5.74) is 2.66. The van der Waals surface area contributed by atoms with Crippen molar-refractivity contribution in [3.8, 4) is 11.1 Å². The van der Waals surface area contributed by atoms with Gasteiger partial charge in [-0.15, -0.1) is 0 Å². The molecule has 0 heterocycles. The molecule has 0 bridgehead atoms. The molecule has 17 heavy (non-hydrogen) atoms. The lowest BCUT2D eigenvalue weighted by Crippen LogP contribution is -1.87. The summed E-state index contributed by atoms with van der Waals surface area (Å²) in [6, 6.07) is 11.3. The van der Waals surface area contributed by atoms with Gasteiger partial charge in [-0.1, -0.05) is 75.0 Å². The molecule has 88 valence electrons. The lowest BCUT2D eigenvalue weighted by molar-refractivity contribution is 1.43. The van der Waals surface area contributed by atoms with Crippen molar-refractivity contribution < 1.29 is 0 Å². The largest absolute Gasteiger partial charge is 0.0876 e. The summed E-state index contributed by atoms with van der Waals surface area (Å²) in [5.74, 6) is 0. The Balaban J connectivity index is 2.69. The quantitative estimate of drug-likeness (QED) is 0.565. The number of benzene rings is 2. The molecule has 2 aromatic carbocycles. The molecule has 0 nitrogen and oxygen atoms in total. The second kappa shape index (κ2) is 5.62. The summed E-state index contributed by atoms with van der Waals surface area (Å²) in [7, 11) is 0. The fourth-order valence-corrected chi connectivity index (χ4v) is 3.15. The van der Waals surface area contributed by atoms with Crippen LogP contribution in [0.15, 0.2) is 36.4 Å². The number of hydrogen-bond acceptors (Lipinski definition) is 0. The maximum absolute atomic E-state index is 6.34. The molecule has 0 aliphatic carbocycles. The molecule has 2 rings (SSSR count). The highest BCUT2D eigenvalue weighted by molar-refractivity contribution is 9.08. The predicted octanol–water partition coefficient (Wildman–Crippen LogP) is 6.21. The first kappa shape index (κ1) is 13.2. The van der Waals surface area contributed by atoms with Crippen LogP contribution in [0.4, 0.5) is 0 Å². The molecule has 0 aliphatic rings. The summed E-state index contributed by atoms with van der Waals surface area (Å²) in [6.45, 7) is 0. The molecular weight excluding hydrogens is 342 g/mol. The lowest BCUT2D eigenvalue weighted by Gasteiger charge is -2.11. The first-order valence-electron chi connectivity index (χ1n) is 4.93. The SMILES string of the molecule is Clc1cccc(Cl)c1-c1cccc(CBr)c1Cl. The molecule has 0 saturated heterocycles. The molecule has 0 aliphatic heterocycles. The van der Waals surface area contributed by atoms with Gasteiger partial charge in [-0.25, -0.2) is 0 Å². The van der Waals surface area contributed by atoms with E-state index in [1.165, 1.54) is 0 Å². The highest BCUT2D eigenvalue weighted by Crippen LogP contribution is 2.39. The minimum absolute atomic E-state index is 0.603. The van der Waals surface area contributed by atoms with Gasteiger partial charge in [0.2, 0.25) is 0 Å². The van der Waals surface area contributed by atoms with Crippen molar-refractivity contribution in [3.63, 3.8) is 0 Å². The van der Waals surface area contributed by atoms with Crippen molar-refractivity contribution in [2.75, 3.05) is 0 Å². The molecule has 2 aromatic rings. The smallest absolute Gasteiger partial charge is 0.0525 e. The van der Waals surface area contributed by atoms with Gasteiger partial charge in [-0.3, -0.25) is 0 Å². The molecular formula is C13H8BrCl3. The number of rotatable bonds is 2. The Morgan fingerprint density at radius 1 is 0.882 bits per heavy atom. The highest BCUT2D eigenvalue weighted by atomic mass is 79.9. The third-order valence-electron chi connectivity index (χ3n) is 2.45. The van der Waals surface area contributed by atoms with E-state index in [1.54, 1.807) is 12.1 Å². The van der Waals surface area contributed by atoms with Gasteiger partial charge in [-0.2, -0.15) is 0 Å². The molecule has 0 unspecified atom stereocenters. The van der Waals surface area contributed by atoms with Crippen LogP contribution in [0.5, 0.6) is 0 Å². The molecule has 0 fully saturated rings. The molecule has 4 heteroatoms. The minimum atomic E-state index is 0.603. The molecule has 0 N–H and O–H groups in total. The zero-order valence-corrected chi connectivity index (χ0v) is 12.5. The van der Waals surface area contributed by atoms with Crippen LogP contribution in [0.2, 0.25) is 15.1 Å². The van der Waals surface area contributed by atoms with Gasteiger partial charge in [0.15, 0.2) is 0 Å². The number of hydrogen-bond donors (Lipinski definition) is 0. The zero-order chi connectivity index (χ0) is 12.4. The molecule has 0 aromatic heterocycles. The van der Waals surface area contributed by atoms with Crippen molar-refractivity contribution in [3.05, 3.63) is 57.0 Å². The van der Waals surface area contributed by atoms with Crippen LogP contribution in [0.25, 0.3) is 11.1 Å². The van der Waals surface area contributed by atoms with Gasteiger partial charge in [0.1, 0.15) is 0 Å². The standard InChI is InChI=1S/C13H8BrCl3/c14-7-8-3-1-4-9(13(8)17)12-10(15)5-2-6-11(12)16/h1-6H,7H2. The normalized spacial score (nSPS) is 10.6. The van der Waals surface area contributed by atoms with Crippen LogP contribution in [0, 0.1) is 0 Å². The molecule has 0 saturated carbocycles. The molecule has 0 spiro atoms. The summed E-state index contributed by atoms with van der Waals surface area (Å²) in [6.07, 6.45) is 0. The van der Waals surface area contributed by atoms with E-state index < -0.39 is 0 Å². The third kappa shape index (κ3) is 2.63. The Labute approximate surface area is 124 Å². The Morgan fingerprint density at radius 3 is 2.06 bits per heavy atom. The summed E-state index contributed by atoms with van der Waals surface area (Å²) >= 11 is 22.1. The van der Waals surface area contributed by atoms with Gasteiger partial charge in [0.05, 0.1) is 5.02 Å². The van der Waals surface area contributed by atoms with Crippen LogP contribution in [-0.4, -0.2) is 0 Å². The van der Waals surface area contributed by atoms with Crippen LogP contribution in [-0.2, 0) is 5.33 Å². The highest BCUT2D eigenvalue weighted by Gasteiger charge is 2.13. The van der Waals surface area contributed by atoms with Crippen molar-refractivity contribution >= 4 is 50.7 Å². The number of halogens is 4. The summed E-state index contributed by atoms with van der Waals surface area (Å²) in [5, 5.41) is 2.58. The van der Waals surface area contributed by atoms with Crippen molar-refractivity contribution in [1.29, 1.82) is 0 Å². The topological polar surface area (TPSA) is 0 Å². The Morgan fingerprint density at radius 2 is 1.47 bits per heavy atom. The van der Waals surface area contributed by atoms with E-state index >= 15 is 0 Å². The molecule has 0 atom stereocenters.